The average Bonchev–Trinajstić information content (AvgIpc) is 2.63. The lowest BCUT2D eigenvalue weighted by Crippen LogP contribution is -2.16. The van der Waals surface area contributed by atoms with Crippen LogP contribution < -0.4 is 10.1 Å². The van der Waals surface area contributed by atoms with E-state index >= 15 is 0 Å². The minimum Gasteiger partial charge on any atom is -0.497 e. The van der Waals surface area contributed by atoms with Crippen molar-refractivity contribution in [2.75, 3.05) is 12.4 Å². The molecule has 0 spiro atoms. The Morgan fingerprint density at radius 1 is 1.08 bits per heavy atom. The highest BCUT2D eigenvalue weighted by Gasteiger charge is 2.14. The highest BCUT2D eigenvalue weighted by molar-refractivity contribution is 6.03. The third-order valence-electron chi connectivity index (χ3n) is 3.57. The lowest BCUT2D eigenvalue weighted by molar-refractivity contribution is 0.102. The minimum absolute atomic E-state index is 0.300. The summed E-state index contributed by atoms with van der Waals surface area (Å²) in [4.78, 5) is 21.3. The number of carbonyl (C=O) groups is 1. The zero-order chi connectivity index (χ0) is 16.9. The second kappa shape index (κ2) is 6.91. The minimum atomic E-state index is -0.300. The molecule has 120 valence electrons. The van der Waals surface area contributed by atoms with Crippen LogP contribution in [-0.4, -0.2) is 23.0 Å². The normalized spacial score (nSPS) is 10.2. The number of amides is 1. The maximum atomic E-state index is 12.6. The Morgan fingerprint density at radius 3 is 2.62 bits per heavy atom. The monoisotopic (exact) mass is 319 g/mol. The molecule has 0 radical (unpaired) electrons. The second-order valence-corrected chi connectivity index (χ2v) is 5.24. The molecule has 1 amide bonds. The summed E-state index contributed by atoms with van der Waals surface area (Å²) >= 11 is 0. The first-order valence-electron chi connectivity index (χ1n) is 7.52. The number of carbonyl (C=O) groups excluding carboxylic acids is 1. The summed E-state index contributed by atoms with van der Waals surface area (Å²) in [7, 11) is 1.58. The molecule has 5 nitrogen and oxygen atoms in total. The molecule has 0 unspecified atom stereocenters. The standard InChI is InChI=1S/C19H17N3O2/c1-13-18(19(23)21-15-9-6-10-16(11-15)24-2)22-17(12-20-13)14-7-4-3-5-8-14/h3-12H,1-2H3,(H,21,23). The molecular formula is C19H17N3O2. The number of ether oxygens (including phenoxy) is 1. The molecule has 24 heavy (non-hydrogen) atoms. The first-order valence-corrected chi connectivity index (χ1v) is 7.52. The van der Waals surface area contributed by atoms with Gasteiger partial charge in [0.2, 0.25) is 0 Å². The van der Waals surface area contributed by atoms with Gasteiger partial charge in [0.1, 0.15) is 11.4 Å². The van der Waals surface area contributed by atoms with Crippen LogP contribution in [0.25, 0.3) is 11.3 Å². The Morgan fingerprint density at radius 2 is 1.88 bits per heavy atom. The molecule has 1 aromatic heterocycles. The van der Waals surface area contributed by atoms with Crippen LogP contribution in [0.2, 0.25) is 0 Å². The molecule has 0 aliphatic rings. The molecular weight excluding hydrogens is 302 g/mol. The van der Waals surface area contributed by atoms with Crippen molar-refractivity contribution in [2.24, 2.45) is 0 Å². The molecule has 3 aromatic rings. The van der Waals surface area contributed by atoms with Gasteiger partial charge in [-0.2, -0.15) is 0 Å². The molecule has 0 atom stereocenters. The quantitative estimate of drug-likeness (QED) is 0.796. The Balaban J connectivity index is 1.89. The summed E-state index contributed by atoms with van der Waals surface area (Å²) in [5.41, 5.74) is 3.11. The number of aryl methyl sites for hydroxylation is 1. The van der Waals surface area contributed by atoms with Crippen molar-refractivity contribution in [1.29, 1.82) is 0 Å². The third-order valence-corrected chi connectivity index (χ3v) is 3.57. The van der Waals surface area contributed by atoms with Crippen molar-refractivity contribution in [3.05, 3.63) is 72.2 Å². The number of aromatic nitrogens is 2. The van der Waals surface area contributed by atoms with Gasteiger partial charge in [0.15, 0.2) is 0 Å². The van der Waals surface area contributed by atoms with Gasteiger partial charge >= 0.3 is 0 Å². The van der Waals surface area contributed by atoms with Crippen LogP contribution >= 0.6 is 0 Å². The van der Waals surface area contributed by atoms with Crippen LogP contribution in [0.3, 0.4) is 0 Å². The number of rotatable bonds is 4. The van der Waals surface area contributed by atoms with E-state index in [1.807, 2.05) is 42.5 Å². The average molecular weight is 319 g/mol. The van der Waals surface area contributed by atoms with Gasteiger partial charge in [-0.25, -0.2) is 4.98 Å². The van der Waals surface area contributed by atoms with Gasteiger partial charge in [-0.1, -0.05) is 36.4 Å². The molecule has 3 rings (SSSR count). The fourth-order valence-electron chi connectivity index (χ4n) is 2.30. The molecule has 2 aromatic carbocycles. The van der Waals surface area contributed by atoms with Crippen molar-refractivity contribution in [1.82, 2.24) is 9.97 Å². The fraction of sp³-hybridized carbons (Fsp3) is 0.105. The Kier molecular flexibility index (Phi) is 4.52. The molecule has 0 fully saturated rings. The highest BCUT2D eigenvalue weighted by Crippen LogP contribution is 2.20. The predicted molar refractivity (Wildman–Crippen MR) is 93.2 cm³/mol. The number of nitrogens with zero attached hydrogens (tertiary/aromatic N) is 2. The van der Waals surface area contributed by atoms with Crippen molar-refractivity contribution < 1.29 is 9.53 Å². The first kappa shape index (κ1) is 15.7. The SMILES string of the molecule is COc1cccc(NC(=O)c2nc(-c3ccccc3)cnc2C)c1. The van der Waals surface area contributed by atoms with E-state index in [4.69, 9.17) is 4.74 Å². The third kappa shape index (κ3) is 3.41. The van der Waals surface area contributed by atoms with Crippen molar-refractivity contribution in [3.63, 3.8) is 0 Å². The Labute approximate surface area is 140 Å². The van der Waals surface area contributed by atoms with Crippen molar-refractivity contribution in [3.8, 4) is 17.0 Å². The fourth-order valence-corrected chi connectivity index (χ4v) is 2.30. The van der Waals surface area contributed by atoms with Crippen LogP contribution in [0, 0.1) is 6.92 Å². The largest absolute Gasteiger partial charge is 0.497 e. The van der Waals surface area contributed by atoms with E-state index in [0.717, 1.165) is 5.56 Å². The van der Waals surface area contributed by atoms with Crippen molar-refractivity contribution in [2.45, 2.75) is 6.92 Å². The molecule has 5 heteroatoms. The van der Waals surface area contributed by atoms with Crippen LogP contribution in [0.1, 0.15) is 16.2 Å². The Bertz CT molecular complexity index is 863. The summed E-state index contributed by atoms with van der Waals surface area (Å²) in [6.45, 7) is 1.77. The number of nitrogens with one attached hydrogen (secondary N) is 1. The molecule has 1 heterocycles. The molecule has 0 aliphatic heterocycles. The van der Waals surface area contributed by atoms with Gasteiger partial charge in [-0.3, -0.25) is 9.78 Å². The molecule has 1 N–H and O–H groups in total. The van der Waals surface area contributed by atoms with Gasteiger partial charge in [-0.05, 0) is 19.1 Å². The van der Waals surface area contributed by atoms with Gasteiger partial charge < -0.3 is 10.1 Å². The van der Waals surface area contributed by atoms with E-state index in [0.29, 0.717) is 28.5 Å². The van der Waals surface area contributed by atoms with E-state index in [1.54, 1.807) is 32.4 Å². The van der Waals surface area contributed by atoms with E-state index in [-0.39, 0.29) is 5.91 Å². The summed E-state index contributed by atoms with van der Waals surface area (Å²) in [6, 6.07) is 16.8. The molecule has 0 saturated carbocycles. The molecule has 0 bridgehead atoms. The van der Waals surface area contributed by atoms with Crippen molar-refractivity contribution >= 4 is 11.6 Å². The summed E-state index contributed by atoms with van der Waals surface area (Å²) in [5, 5.41) is 2.83. The molecule has 0 saturated heterocycles. The Hall–Kier alpha value is -3.21. The summed E-state index contributed by atoms with van der Waals surface area (Å²) in [5.74, 6) is 0.375. The van der Waals surface area contributed by atoms with E-state index < -0.39 is 0 Å². The summed E-state index contributed by atoms with van der Waals surface area (Å²) < 4.78 is 5.16. The highest BCUT2D eigenvalue weighted by atomic mass is 16.5. The van der Waals surface area contributed by atoms with Crippen LogP contribution in [0.5, 0.6) is 5.75 Å². The number of anilines is 1. The number of methoxy groups -OCH3 is 1. The van der Waals surface area contributed by atoms with E-state index in [1.165, 1.54) is 0 Å². The topological polar surface area (TPSA) is 64.1 Å². The zero-order valence-corrected chi connectivity index (χ0v) is 13.5. The van der Waals surface area contributed by atoms with E-state index in [2.05, 4.69) is 15.3 Å². The number of hydrogen-bond donors (Lipinski definition) is 1. The number of hydrogen-bond acceptors (Lipinski definition) is 4. The van der Waals surface area contributed by atoms with Crippen LogP contribution in [0.15, 0.2) is 60.8 Å². The lowest BCUT2D eigenvalue weighted by atomic mass is 10.1. The number of benzene rings is 2. The van der Waals surface area contributed by atoms with Crippen LogP contribution in [-0.2, 0) is 0 Å². The van der Waals surface area contributed by atoms with Gasteiger partial charge in [-0.15, -0.1) is 0 Å². The lowest BCUT2D eigenvalue weighted by Gasteiger charge is -2.09. The molecule has 0 aliphatic carbocycles. The zero-order valence-electron chi connectivity index (χ0n) is 13.5. The summed E-state index contributed by atoms with van der Waals surface area (Å²) in [6.07, 6.45) is 1.67. The van der Waals surface area contributed by atoms with E-state index in [9.17, 15) is 4.79 Å². The second-order valence-electron chi connectivity index (χ2n) is 5.24. The van der Waals surface area contributed by atoms with Gasteiger partial charge in [0.05, 0.1) is 24.7 Å². The predicted octanol–water partition coefficient (Wildman–Crippen LogP) is 3.71. The first-order chi connectivity index (χ1) is 11.7. The van der Waals surface area contributed by atoms with Gasteiger partial charge in [0, 0.05) is 17.3 Å². The maximum absolute atomic E-state index is 12.6. The van der Waals surface area contributed by atoms with Gasteiger partial charge in [0.25, 0.3) is 5.91 Å². The maximum Gasteiger partial charge on any atom is 0.276 e. The van der Waals surface area contributed by atoms with Crippen LogP contribution in [0.4, 0.5) is 5.69 Å². The smallest absolute Gasteiger partial charge is 0.276 e.